The molecule has 4 rings (SSSR count). The Morgan fingerprint density at radius 2 is 1.52 bits per heavy atom. The van der Waals surface area contributed by atoms with Crippen LogP contribution in [0.25, 0.3) is 33.6 Å². The molecular formula is C23H18FN3. The normalized spacial score (nSPS) is 10.7. The Bertz CT molecular complexity index is 1060. The van der Waals surface area contributed by atoms with E-state index in [1.165, 1.54) is 6.07 Å². The fourth-order valence-corrected chi connectivity index (χ4v) is 3.23. The number of pyridine rings is 1. The number of aryl methyl sites for hydroxylation is 1. The first kappa shape index (κ1) is 17.0. The number of halogens is 1. The first-order valence-corrected chi connectivity index (χ1v) is 8.91. The van der Waals surface area contributed by atoms with Crippen molar-refractivity contribution in [3.8, 4) is 33.6 Å². The van der Waals surface area contributed by atoms with E-state index in [4.69, 9.17) is 0 Å². The van der Waals surface area contributed by atoms with Gasteiger partial charge in [0.15, 0.2) is 0 Å². The van der Waals surface area contributed by atoms with Crippen LogP contribution in [0.5, 0.6) is 0 Å². The van der Waals surface area contributed by atoms with Crippen LogP contribution in [-0.2, 0) is 6.42 Å². The van der Waals surface area contributed by atoms with Gasteiger partial charge in [-0.25, -0.2) is 4.39 Å². The van der Waals surface area contributed by atoms with E-state index < -0.39 is 0 Å². The smallest absolute Gasteiger partial charge is 0.132 e. The van der Waals surface area contributed by atoms with Crippen LogP contribution in [0.3, 0.4) is 0 Å². The molecule has 0 aliphatic rings. The molecule has 0 amide bonds. The molecular weight excluding hydrogens is 337 g/mol. The van der Waals surface area contributed by atoms with E-state index in [1.807, 2.05) is 61.5 Å². The van der Waals surface area contributed by atoms with Crippen LogP contribution in [0.4, 0.5) is 4.39 Å². The second-order valence-electron chi connectivity index (χ2n) is 6.16. The summed E-state index contributed by atoms with van der Waals surface area (Å²) in [5.74, 6) is -0.319. The average molecular weight is 355 g/mol. The van der Waals surface area contributed by atoms with Gasteiger partial charge in [-0.2, -0.15) is 5.10 Å². The van der Waals surface area contributed by atoms with Gasteiger partial charge >= 0.3 is 0 Å². The van der Waals surface area contributed by atoms with Crippen molar-refractivity contribution in [2.24, 2.45) is 0 Å². The van der Waals surface area contributed by atoms with E-state index in [9.17, 15) is 4.39 Å². The second kappa shape index (κ2) is 7.46. The molecule has 27 heavy (non-hydrogen) atoms. The third-order valence-corrected chi connectivity index (χ3v) is 4.49. The van der Waals surface area contributed by atoms with Crippen molar-refractivity contribution in [3.05, 3.63) is 90.5 Å². The summed E-state index contributed by atoms with van der Waals surface area (Å²) < 4.78 is 14.6. The molecule has 132 valence electrons. The Kier molecular flexibility index (Phi) is 4.71. The van der Waals surface area contributed by atoms with Gasteiger partial charge in [-0.3, -0.25) is 4.98 Å². The molecule has 0 spiro atoms. The van der Waals surface area contributed by atoms with Crippen LogP contribution in [0.1, 0.15) is 12.6 Å². The molecule has 4 heteroatoms. The third-order valence-electron chi connectivity index (χ3n) is 4.49. The quantitative estimate of drug-likeness (QED) is 0.480. The summed E-state index contributed by atoms with van der Waals surface area (Å²) in [5, 5.41) is 8.85. The lowest BCUT2D eigenvalue weighted by atomic mass is 9.91. The van der Waals surface area contributed by atoms with Gasteiger partial charge in [-0.1, -0.05) is 55.5 Å². The van der Waals surface area contributed by atoms with Crippen LogP contribution in [0.2, 0.25) is 0 Å². The summed E-state index contributed by atoms with van der Waals surface area (Å²) >= 11 is 0. The molecule has 0 saturated heterocycles. The lowest BCUT2D eigenvalue weighted by Crippen LogP contribution is -2.04. The molecule has 0 aliphatic carbocycles. The molecule has 0 bridgehead atoms. The van der Waals surface area contributed by atoms with Crippen molar-refractivity contribution in [1.29, 1.82) is 0 Å². The van der Waals surface area contributed by atoms with Crippen LogP contribution in [-0.4, -0.2) is 15.2 Å². The zero-order chi connectivity index (χ0) is 18.6. The van der Waals surface area contributed by atoms with Crippen molar-refractivity contribution >= 4 is 0 Å². The fourth-order valence-electron chi connectivity index (χ4n) is 3.23. The van der Waals surface area contributed by atoms with Gasteiger partial charge in [-0.15, -0.1) is 5.10 Å². The van der Waals surface area contributed by atoms with E-state index in [-0.39, 0.29) is 5.82 Å². The van der Waals surface area contributed by atoms with Crippen LogP contribution in [0.15, 0.2) is 79.0 Å². The Labute approximate surface area is 157 Å². The van der Waals surface area contributed by atoms with Gasteiger partial charge < -0.3 is 0 Å². The Balaban J connectivity index is 2.11. The summed E-state index contributed by atoms with van der Waals surface area (Å²) in [4.78, 5) is 4.54. The largest absolute Gasteiger partial charge is 0.256 e. The number of benzene rings is 2. The highest BCUT2D eigenvalue weighted by molar-refractivity contribution is 5.92. The molecule has 2 aromatic heterocycles. The van der Waals surface area contributed by atoms with E-state index in [2.05, 4.69) is 15.2 Å². The maximum atomic E-state index is 14.6. The lowest BCUT2D eigenvalue weighted by molar-refractivity contribution is 0.630. The molecule has 0 saturated carbocycles. The predicted octanol–water partition coefficient (Wildman–Crippen LogP) is 5.57. The molecule has 2 heterocycles. The van der Waals surface area contributed by atoms with Gasteiger partial charge in [0.05, 0.1) is 11.4 Å². The topological polar surface area (TPSA) is 38.7 Å². The molecule has 0 N–H and O–H groups in total. The highest BCUT2D eigenvalue weighted by atomic mass is 19.1. The Hall–Kier alpha value is -3.40. The molecule has 2 aromatic carbocycles. The summed E-state index contributed by atoms with van der Waals surface area (Å²) in [6, 6.07) is 22.3. The van der Waals surface area contributed by atoms with E-state index in [0.717, 1.165) is 28.1 Å². The zero-order valence-corrected chi connectivity index (χ0v) is 14.9. The van der Waals surface area contributed by atoms with Gasteiger partial charge in [0.25, 0.3) is 0 Å². The summed E-state index contributed by atoms with van der Waals surface area (Å²) in [6.45, 7) is 2.04. The molecule has 3 nitrogen and oxygen atoms in total. The highest BCUT2D eigenvalue weighted by Gasteiger charge is 2.22. The van der Waals surface area contributed by atoms with Crippen molar-refractivity contribution < 1.29 is 4.39 Å². The monoisotopic (exact) mass is 355 g/mol. The van der Waals surface area contributed by atoms with Crippen LogP contribution < -0.4 is 0 Å². The number of hydrogen-bond acceptors (Lipinski definition) is 3. The van der Waals surface area contributed by atoms with Gasteiger partial charge in [0.2, 0.25) is 0 Å². The third kappa shape index (κ3) is 3.22. The van der Waals surface area contributed by atoms with Gasteiger partial charge in [0.1, 0.15) is 11.5 Å². The summed E-state index contributed by atoms with van der Waals surface area (Å²) in [7, 11) is 0. The van der Waals surface area contributed by atoms with Crippen LogP contribution in [0, 0.1) is 5.82 Å². The van der Waals surface area contributed by atoms with Crippen molar-refractivity contribution in [2.75, 3.05) is 0 Å². The average Bonchev–Trinajstić information content (AvgIpc) is 2.74. The Morgan fingerprint density at radius 3 is 2.22 bits per heavy atom. The SMILES string of the molecule is CCc1nnc(-c2ccccc2F)c(-c2ccccc2)c1-c1ccccn1. The maximum Gasteiger partial charge on any atom is 0.132 e. The van der Waals surface area contributed by atoms with Crippen molar-refractivity contribution in [3.63, 3.8) is 0 Å². The number of rotatable bonds is 4. The predicted molar refractivity (Wildman–Crippen MR) is 105 cm³/mol. The van der Waals surface area contributed by atoms with E-state index in [0.29, 0.717) is 17.7 Å². The summed E-state index contributed by atoms with van der Waals surface area (Å²) in [6.07, 6.45) is 2.46. The number of hydrogen-bond donors (Lipinski definition) is 0. The number of aromatic nitrogens is 3. The van der Waals surface area contributed by atoms with Crippen molar-refractivity contribution in [1.82, 2.24) is 15.2 Å². The minimum absolute atomic E-state index is 0.319. The lowest BCUT2D eigenvalue weighted by Gasteiger charge is -2.17. The van der Waals surface area contributed by atoms with Gasteiger partial charge in [0, 0.05) is 22.9 Å². The highest BCUT2D eigenvalue weighted by Crippen LogP contribution is 2.40. The first-order chi connectivity index (χ1) is 13.3. The summed E-state index contributed by atoms with van der Waals surface area (Å²) in [5.41, 5.74) is 5.32. The molecule has 0 unspecified atom stereocenters. The zero-order valence-electron chi connectivity index (χ0n) is 14.9. The Morgan fingerprint density at radius 1 is 0.778 bits per heavy atom. The molecule has 0 atom stereocenters. The van der Waals surface area contributed by atoms with E-state index in [1.54, 1.807) is 18.3 Å². The molecule has 0 radical (unpaired) electrons. The number of nitrogens with zero attached hydrogens (tertiary/aromatic N) is 3. The van der Waals surface area contributed by atoms with Crippen LogP contribution >= 0.6 is 0 Å². The minimum atomic E-state index is -0.319. The molecule has 4 aromatic rings. The maximum absolute atomic E-state index is 14.6. The minimum Gasteiger partial charge on any atom is -0.256 e. The molecule has 0 fully saturated rings. The first-order valence-electron chi connectivity index (χ1n) is 8.91. The second-order valence-corrected chi connectivity index (χ2v) is 6.16. The standard InChI is InChI=1S/C23H18FN3/c1-2-19-22(20-14-8-9-15-25-20)21(16-10-4-3-5-11-16)23(27-26-19)17-12-6-7-13-18(17)24/h3-15H,2H2,1H3. The van der Waals surface area contributed by atoms with E-state index >= 15 is 0 Å². The van der Waals surface area contributed by atoms with Gasteiger partial charge in [-0.05, 0) is 36.2 Å². The van der Waals surface area contributed by atoms with Crippen molar-refractivity contribution in [2.45, 2.75) is 13.3 Å². The fraction of sp³-hybridized carbons (Fsp3) is 0.0870. The molecule has 0 aliphatic heterocycles.